The molecule has 1 nitrogen and oxygen atoms in total. The van der Waals surface area contributed by atoms with Gasteiger partial charge in [-0.15, -0.1) is 0 Å². The van der Waals surface area contributed by atoms with E-state index in [1.165, 1.54) is 5.56 Å². The number of benzene rings is 1. The Morgan fingerprint density at radius 3 is 2.42 bits per heavy atom. The second-order valence-electron chi connectivity index (χ2n) is 2.65. The summed E-state index contributed by atoms with van der Waals surface area (Å²) in [6, 6.07) is 8.21. The summed E-state index contributed by atoms with van der Waals surface area (Å²) in [4.78, 5) is 0. The van der Waals surface area contributed by atoms with Gasteiger partial charge in [-0.2, -0.15) is 0 Å². The third-order valence-electron chi connectivity index (χ3n) is 1.76. The van der Waals surface area contributed by atoms with Crippen molar-refractivity contribution in [1.29, 1.82) is 0 Å². The molecule has 1 unspecified atom stereocenters. The van der Waals surface area contributed by atoms with Gasteiger partial charge in [-0.05, 0) is 31.5 Å². The van der Waals surface area contributed by atoms with Crippen molar-refractivity contribution in [2.45, 2.75) is 20.0 Å². The Kier molecular flexibility index (Phi) is 3.76. The van der Waals surface area contributed by atoms with Crippen LogP contribution in [0.15, 0.2) is 28.7 Å². The summed E-state index contributed by atoms with van der Waals surface area (Å²) in [6.45, 7) is 4.83. The van der Waals surface area contributed by atoms with E-state index >= 15 is 0 Å². The first-order chi connectivity index (χ1) is 5.74. The molecule has 0 amide bonds. The number of hydrogen-bond acceptors (Lipinski definition) is 1. The van der Waals surface area contributed by atoms with Crippen LogP contribution < -0.4 is 0 Å². The van der Waals surface area contributed by atoms with Gasteiger partial charge in [0.2, 0.25) is 0 Å². The normalized spacial score (nSPS) is 12.9. The maximum atomic E-state index is 5.45. The summed E-state index contributed by atoms with van der Waals surface area (Å²) in [5, 5.41) is 0. The average Bonchev–Trinajstić information content (AvgIpc) is 2.06. The molecule has 0 saturated carbocycles. The Bertz CT molecular complexity index is 230. The minimum Gasteiger partial charge on any atom is -0.374 e. The molecular weight excluding hydrogens is 216 g/mol. The molecule has 0 aromatic heterocycles. The first-order valence-electron chi connectivity index (χ1n) is 4.11. The Labute approximate surface area is 81.9 Å². The number of ether oxygens (including phenoxy) is 1. The smallest absolute Gasteiger partial charge is 0.0796 e. The highest BCUT2D eigenvalue weighted by Crippen LogP contribution is 2.18. The van der Waals surface area contributed by atoms with Crippen LogP contribution in [0.5, 0.6) is 0 Å². The minimum absolute atomic E-state index is 0.197. The number of halogens is 1. The number of rotatable bonds is 3. The van der Waals surface area contributed by atoms with Gasteiger partial charge in [-0.25, -0.2) is 0 Å². The monoisotopic (exact) mass is 228 g/mol. The summed E-state index contributed by atoms with van der Waals surface area (Å²) in [6.07, 6.45) is 0.197. The highest BCUT2D eigenvalue weighted by atomic mass is 79.9. The van der Waals surface area contributed by atoms with Crippen LogP contribution in [0.3, 0.4) is 0 Å². The molecule has 0 heterocycles. The molecule has 2 heteroatoms. The lowest BCUT2D eigenvalue weighted by molar-refractivity contribution is 0.0764. The quantitative estimate of drug-likeness (QED) is 0.770. The topological polar surface area (TPSA) is 9.23 Å². The molecule has 0 saturated heterocycles. The zero-order valence-corrected chi connectivity index (χ0v) is 8.97. The van der Waals surface area contributed by atoms with Gasteiger partial charge in [-0.3, -0.25) is 0 Å². The summed E-state index contributed by atoms with van der Waals surface area (Å²) in [5.74, 6) is 0. The maximum absolute atomic E-state index is 5.45. The SMILES string of the molecule is CCOC(C)c1ccc(Br)cc1. The highest BCUT2D eigenvalue weighted by Gasteiger charge is 2.02. The average molecular weight is 229 g/mol. The first-order valence-corrected chi connectivity index (χ1v) is 4.90. The summed E-state index contributed by atoms with van der Waals surface area (Å²) >= 11 is 3.39. The van der Waals surface area contributed by atoms with Crippen LogP contribution in [0.25, 0.3) is 0 Å². The van der Waals surface area contributed by atoms with Crippen LogP contribution in [0, 0.1) is 0 Å². The molecule has 0 aliphatic carbocycles. The minimum atomic E-state index is 0.197. The molecule has 0 aliphatic heterocycles. The van der Waals surface area contributed by atoms with Crippen molar-refractivity contribution in [3.05, 3.63) is 34.3 Å². The highest BCUT2D eigenvalue weighted by molar-refractivity contribution is 9.10. The molecule has 66 valence electrons. The molecule has 1 rings (SSSR count). The molecule has 1 atom stereocenters. The second-order valence-corrected chi connectivity index (χ2v) is 3.56. The second kappa shape index (κ2) is 4.63. The van der Waals surface area contributed by atoms with Gasteiger partial charge >= 0.3 is 0 Å². The molecule has 0 spiro atoms. The van der Waals surface area contributed by atoms with E-state index in [1.54, 1.807) is 0 Å². The van der Waals surface area contributed by atoms with Gasteiger partial charge in [0.15, 0.2) is 0 Å². The summed E-state index contributed by atoms with van der Waals surface area (Å²) in [5.41, 5.74) is 1.22. The van der Waals surface area contributed by atoms with Crippen molar-refractivity contribution in [1.82, 2.24) is 0 Å². The first kappa shape index (κ1) is 9.75. The predicted octanol–water partition coefficient (Wildman–Crippen LogP) is 3.55. The molecule has 1 aromatic carbocycles. The molecule has 0 aliphatic rings. The Morgan fingerprint density at radius 2 is 1.92 bits per heavy atom. The fourth-order valence-corrected chi connectivity index (χ4v) is 1.34. The number of hydrogen-bond donors (Lipinski definition) is 0. The van der Waals surface area contributed by atoms with Crippen LogP contribution in [0.4, 0.5) is 0 Å². The fraction of sp³-hybridized carbons (Fsp3) is 0.400. The zero-order valence-electron chi connectivity index (χ0n) is 7.38. The van der Waals surface area contributed by atoms with Crippen molar-refractivity contribution in [2.75, 3.05) is 6.61 Å². The van der Waals surface area contributed by atoms with E-state index in [2.05, 4.69) is 35.0 Å². The van der Waals surface area contributed by atoms with Crippen molar-refractivity contribution in [3.63, 3.8) is 0 Å². The van der Waals surface area contributed by atoms with Gasteiger partial charge in [0.25, 0.3) is 0 Å². The fourth-order valence-electron chi connectivity index (χ4n) is 1.08. The Balaban J connectivity index is 2.68. The summed E-state index contributed by atoms with van der Waals surface area (Å²) < 4.78 is 6.56. The van der Waals surface area contributed by atoms with Crippen LogP contribution in [-0.4, -0.2) is 6.61 Å². The Morgan fingerprint density at radius 1 is 1.33 bits per heavy atom. The zero-order chi connectivity index (χ0) is 8.97. The van der Waals surface area contributed by atoms with Gasteiger partial charge in [0, 0.05) is 11.1 Å². The van der Waals surface area contributed by atoms with Gasteiger partial charge in [0.1, 0.15) is 0 Å². The lowest BCUT2D eigenvalue weighted by atomic mass is 10.1. The molecule has 0 fully saturated rings. The van der Waals surface area contributed by atoms with E-state index < -0.39 is 0 Å². The standard InChI is InChI=1S/C10H13BrO/c1-3-12-8(2)9-4-6-10(11)7-5-9/h4-8H,3H2,1-2H3. The lowest BCUT2D eigenvalue weighted by Gasteiger charge is -2.11. The largest absolute Gasteiger partial charge is 0.374 e. The van der Waals surface area contributed by atoms with Gasteiger partial charge in [0.05, 0.1) is 6.10 Å². The van der Waals surface area contributed by atoms with E-state index in [-0.39, 0.29) is 6.10 Å². The molecule has 1 aromatic rings. The van der Waals surface area contributed by atoms with Gasteiger partial charge in [-0.1, -0.05) is 28.1 Å². The van der Waals surface area contributed by atoms with Crippen LogP contribution >= 0.6 is 15.9 Å². The molecule has 12 heavy (non-hydrogen) atoms. The van der Waals surface area contributed by atoms with Crippen LogP contribution in [0.1, 0.15) is 25.5 Å². The van der Waals surface area contributed by atoms with Crippen LogP contribution in [-0.2, 0) is 4.74 Å². The van der Waals surface area contributed by atoms with Crippen molar-refractivity contribution < 1.29 is 4.74 Å². The third-order valence-corrected chi connectivity index (χ3v) is 2.28. The van der Waals surface area contributed by atoms with E-state index in [0.29, 0.717) is 0 Å². The van der Waals surface area contributed by atoms with E-state index in [9.17, 15) is 0 Å². The van der Waals surface area contributed by atoms with Crippen molar-refractivity contribution >= 4 is 15.9 Å². The van der Waals surface area contributed by atoms with Gasteiger partial charge < -0.3 is 4.74 Å². The van der Waals surface area contributed by atoms with Crippen molar-refractivity contribution in [2.24, 2.45) is 0 Å². The van der Waals surface area contributed by atoms with Crippen molar-refractivity contribution in [3.8, 4) is 0 Å². The Hall–Kier alpha value is -0.340. The van der Waals surface area contributed by atoms with E-state index in [4.69, 9.17) is 4.74 Å². The summed E-state index contributed by atoms with van der Waals surface area (Å²) in [7, 11) is 0. The molecule has 0 N–H and O–H groups in total. The van der Waals surface area contributed by atoms with Crippen LogP contribution in [0.2, 0.25) is 0 Å². The predicted molar refractivity (Wildman–Crippen MR) is 54.2 cm³/mol. The molecule has 0 bridgehead atoms. The third kappa shape index (κ3) is 2.61. The molecular formula is C10H13BrO. The maximum Gasteiger partial charge on any atom is 0.0796 e. The van der Waals surface area contributed by atoms with E-state index in [1.807, 2.05) is 19.1 Å². The van der Waals surface area contributed by atoms with E-state index in [0.717, 1.165) is 11.1 Å². The molecule has 0 radical (unpaired) electrons. The lowest BCUT2D eigenvalue weighted by Crippen LogP contribution is -1.98.